The molecule has 1 aliphatic heterocycles. The van der Waals surface area contributed by atoms with Gasteiger partial charge in [-0.25, -0.2) is 9.79 Å². The van der Waals surface area contributed by atoms with E-state index in [1.807, 2.05) is 73.7 Å². The first-order chi connectivity index (χ1) is 16.0. The first-order valence-corrected chi connectivity index (χ1v) is 11.4. The molecule has 7 heteroatoms. The van der Waals surface area contributed by atoms with Crippen molar-refractivity contribution in [2.75, 3.05) is 13.7 Å². The third-order valence-corrected chi connectivity index (χ3v) is 6.27. The van der Waals surface area contributed by atoms with Gasteiger partial charge in [0.1, 0.15) is 5.75 Å². The molecule has 3 aromatic rings. The summed E-state index contributed by atoms with van der Waals surface area (Å²) in [5.41, 5.74) is 2.50. The highest BCUT2D eigenvalue weighted by atomic mass is 32.1. The van der Waals surface area contributed by atoms with Crippen LogP contribution in [0.4, 0.5) is 0 Å². The monoisotopic (exact) mass is 460 g/mol. The first-order valence-electron chi connectivity index (χ1n) is 10.6. The maximum Gasteiger partial charge on any atom is 0.338 e. The van der Waals surface area contributed by atoms with Crippen LogP contribution in [0.15, 0.2) is 81.7 Å². The Morgan fingerprint density at radius 2 is 1.88 bits per heavy atom. The van der Waals surface area contributed by atoms with E-state index < -0.39 is 12.0 Å². The van der Waals surface area contributed by atoms with E-state index in [4.69, 9.17) is 9.47 Å². The number of ether oxygens (including phenoxy) is 2. The zero-order valence-corrected chi connectivity index (χ0v) is 19.5. The molecule has 2 aromatic carbocycles. The van der Waals surface area contributed by atoms with Crippen molar-refractivity contribution in [3.05, 3.63) is 103 Å². The fourth-order valence-corrected chi connectivity index (χ4v) is 4.74. The number of hydrogen-bond donors (Lipinski definition) is 0. The maximum atomic E-state index is 13.4. The van der Waals surface area contributed by atoms with Crippen molar-refractivity contribution < 1.29 is 14.3 Å². The molecule has 0 fully saturated rings. The second-order valence-electron chi connectivity index (χ2n) is 7.37. The zero-order valence-electron chi connectivity index (χ0n) is 18.6. The molecule has 168 valence electrons. The van der Waals surface area contributed by atoms with E-state index in [1.54, 1.807) is 17.6 Å². The lowest BCUT2D eigenvalue weighted by molar-refractivity contribution is -0.136. The minimum absolute atomic E-state index is 0.204. The van der Waals surface area contributed by atoms with E-state index >= 15 is 0 Å². The van der Waals surface area contributed by atoms with Gasteiger partial charge in [-0.15, -0.1) is 0 Å². The average Bonchev–Trinajstić information content (AvgIpc) is 3.14. The smallest absolute Gasteiger partial charge is 0.338 e. The van der Waals surface area contributed by atoms with Crippen molar-refractivity contribution in [1.82, 2.24) is 4.57 Å². The molecule has 0 unspecified atom stereocenters. The van der Waals surface area contributed by atoms with Crippen LogP contribution in [0.25, 0.3) is 12.2 Å². The maximum absolute atomic E-state index is 13.4. The Balaban J connectivity index is 1.83. The Morgan fingerprint density at radius 1 is 1.15 bits per heavy atom. The summed E-state index contributed by atoms with van der Waals surface area (Å²) in [5.74, 6) is 0.216. The number of rotatable bonds is 6. The molecule has 1 aliphatic rings. The minimum Gasteiger partial charge on any atom is -0.494 e. The average molecular weight is 461 g/mol. The van der Waals surface area contributed by atoms with E-state index in [-0.39, 0.29) is 5.56 Å². The Hall–Kier alpha value is -3.71. The lowest BCUT2D eigenvalue weighted by atomic mass is 9.96. The highest BCUT2D eigenvalue weighted by molar-refractivity contribution is 7.07. The highest BCUT2D eigenvalue weighted by Crippen LogP contribution is 2.31. The first kappa shape index (κ1) is 22.5. The molecule has 4 rings (SSSR count). The van der Waals surface area contributed by atoms with Gasteiger partial charge < -0.3 is 9.47 Å². The molecule has 0 radical (unpaired) electrons. The number of nitrogens with zero attached hydrogens (tertiary/aromatic N) is 2. The normalized spacial score (nSPS) is 16.0. The van der Waals surface area contributed by atoms with E-state index in [9.17, 15) is 9.59 Å². The van der Waals surface area contributed by atoms with Gasteiger partial charge >= 0.3 is 5.97 Å². The van der Waals surface area contributed by atoms with E-state index in [0.717, 1.165) is 16.9 Å². The van der Waals surface area contributed by atoms with Crippen molar-refractivity contribution in [3.63, 3.8) is 0 Å². The van der Waals surface area contributed by atoms with Crippen LogP contribution >= 0.6 is 11.3 Å². The molecule has 2 heterocycles. The van der Waals surface area contributed by atoms with Gasteiger partial charge in [0.2, 0.25) is 0 Å². The van der Waals surface area contributed by atoms with E-state index in [0.29, 0.717) is 27.2 Å². The van der Waals surface area contributed by atoms with Crippen molar-refractivity contribution in [3.8, 4) is 5.75 Å². The summed E-state index contributed by atoms with van der Waals surface area (Å²) in [6.45, 7) is 4.23. The molecule has 0 saturated heterocycles. The third-order valence-electron chi connectivity index (χ3n) is 5.27. The van der Waals surface area contributed by atoms with Crippen LogP contribution in [-0.4, -0.2) is 24.3 Å². The van der Waals surface area contributed by atoms with Gasteiger partial charge in [0.05, 0.1) is 35.6 Å². The quantitative estimate of drug-likeness (QED) is 0.528. The van der Waals surface area contributed by atoms with E-state index in [1.165, 1.54) is 18.4 Å². The fraction of sp³-hybridized carbons (Fsp3) is 0.192. The number of hydrogen-bond acceptors (Lipinski definition) is 6. The van der Waals surface area contributed by atoms with Gasteiger partial charge in [0.25, 0.3) is 5.56 Å². The minimum atomic E-state index is -0.635. The number of aromatic nitrogens is 1. The van der Waals surface area contributed by atoms with Crippen LogP contribution in [0, 0.1) is 0 Å². The van der Waals surface area contributed by atoms with Crippen LogP contribution in [-0.2, 0) is 9.53 Å². The molecule has 6 nitrogen and oxygen atoms in total. The number of esters is 1. The molecule has 1 aromatic heterocycles. The molecule has 0 bridgehead atoms. The highest BCUT2D eigenvalue weighted by Gasteiger charge is 2.33. The van der Waals surface area contributed by atoms with Gasteiger partial charge in [-0.1, -0.05) is 66.0 Å². The molecular formula is C26H24N2O4S. The predicted molar refractivity (Wildman–Crippen MR) is 130 cm³/mol. The molecule has 0 amide bonds. The number of carbonyl (C=O) groups excluding carboxylic acids is 1. The van der Waals surface area contributed by atoms with Crippen LogP contribution in [0.2, 0.25) is 0 Å². The summed E-state index contributed by atoms with van der Waals surface area (Å²) < 4.78 is 12.7. The summed E-state index contributed by atoms with van der Waals surface area (Å²) in [6, 6.07) is 16.6. The summed E-state index contributed by atoms with van der Waals surface area (Å²) in [4.78, 5) is 31.2. The second kappa shape index (κ2) is 9.83. The van der Waals surface area contributed by atoms with Gasteiger partial charge in [0, 0.05) is 0 Å². The van der Waals surface area contributed by atoms with Crippen LogP contribution < -0.4 is 19.6 Å². The summed E-state index contributed by atoms with van der Waals surface area (Å²) in [5, 5.41) is 0. The van der Waals surface area contributed by atoms with Crippen LogP contribution in [0.5, 0.6) is 5.75 Å². The van der Waals surface area contributed by atoms with Gasteiger partial charge in [-0.2, -0.15) is 0 Å². The largest absolute Gasteiger partial charge is 0.494 e. The summed E-state index contributed by atoms with van der Waals surface area (Å²) in [7, 11) is 1.33. The standard InChI is InChI=1S/C26H24N2O4S/c1-4-32-20-15-13-19(14-16-20)23-22(25(30)31-3)17(2)27-26-28(23)24(29)21(33-26)12-8-11-18-9-6-5-7-10-18/h5-16,23H,4H2,1-3H3/b11-8+,21-12-/t23-/m1/s1. The van der Waals surface area contributed by atoms with Crippen LogP contribution in [0.3, 0.4) is 0 Å². The number of benzene rings is 2. The SMILES string of the molecule is CCOc1ccc([C@@H]2C(C(=O)OC)=C(C)N=c3s/c(=C\C=C\c4ccccc4)c(=O)n32)cc1. The Bertz CT molecular complexity index is 1400. The number of methoxy groups -OCH3 is 1. The lowest BCUT2D eigenvalue weighted by Crippen LogP contribution is -2.39. The van der Waals surface area contributed by atoms with Gasteiger partial charge in [0.15, 0.2) is 4.80 Å². The molecule has 0 N–H and O–H groups in total. The Kier molecular flexibility index (Phi) is 6.70. The third kappa shape index (κ3) is 4.59. The molecule has 0 spiro atoms. The topological polar surface area (TPSA) is 69.9 Å². The predicted octanol–water partition coefficient (Wildman–Crippen LogP) is 3.47. The Morgan fingerprint density at radius 3 is 2.55 bits per heavy atom. The van der Waals surface area contributed by atoms with Crippen molar-refractivity contribution >= 4 is 29.5 Å². The number of carbonyl (C=O) groups is 1. The van der Waals surface area contributed by atoms with Gasteiger partial charge in [-0.3, -0.25) is 9.36 Å². The van der Waals surface area contributed by atoms with Crippen molar-refractivity contribution in [1.29, 1.82) is 0 Å². The summed E-state index contributed by atoms with van der Waals surface area (Å²) in [6.07, 6.45) is 5.57. The number of thiazole rings is 1. The molecule has 0 saturated carbocycles. The number of fused-ring (bicyclic) bond motifs is 1. The zero-order chi connectivity index (χ0) is 23.4. The molecule has 33 heavy (non-hydrogen) atoms. The van der Waals surface area contributed by atoms with Crippen LogP contribution in [0.1, 0.15) is 31.0 Å². The van der Waals surface area contributed by atoms with Crippen molar-refractivity contribution in [2.24, 2.45) is 4.99 Å². The molecule has 1 atom stereocenters. The molecular weight excluding hydrogens is 436 g/mol. The van der Waals surface area contributed by atoms with E-state index in [2.05, 4.69) is 4.99 Å². The lowest BCUT2D eigenvalue weighted by Gasteiger charge is -2.24. The molecule has 0 aliphatic carbocycles. The van der Waals surface area contributed by atoms with Gasteiger partial charge in [-0.05, 0) is 43.2 Å². The Labute approximate surface area is 195 Å². The van der Waals surface area contributed by atoms with Crippen molar-refractivity contribution in [2.45, 2.75) is 19.9 Å². The summed E-state index contributed by atoms with van der Waals surface area (Å²) >= 11 is 1.30. The number of allylic oxidation sites excluding steroid dienone is 2. The second-order valence-corrected chi connectivity index (χ2v) is 8.38. The fourth-order valence-electron chi connectivity index (χ4n) is 3.75.